The molecule has 1 fully saturated rings. The zero-order valence-electron chi connectivity index (χ0n) is 18.7. The van der Waals surface area contributed by atoms with Crippen molar-refractivity contribution in [3.8, 4) is 0 Å². The van der Waals surface area contributed by atoms with E-state index in [9.17, 15) is 14.0 Å². The summed E-state index contributed by atoms with van der Waals surface area (Å²) in [7, 11) is 0. The van der Waals surface area contributed by atoms with Crippen molar-refractivity contribution in [2.24, 2.45) is 0 Å². The lowest BCUT2D eigenvalue weighted by atomic mass is 9.95. The molecular formula is C27H29FN2O3. The fourth-order valence-corrected chi connectivity index (χ4v) is 4.83. The lowest BCUT2D eigenvalue weighted by Gasteiger charge is -2.22. The van der Waals surface area contributed by atoms with E-state index in [2.05, 4.69) is 17.6 Å². The maximum absolute atomic E-state index is 14.2. The van der Waals surface area contributed by atoms with E-state index in [1.54, 1.807) is 18.2 Å². The molecule has 1 aliphatic carbocycles. The summed E-state index contributed by atoms with van der Waals surface area (Å²) in [6, 6.07) is 19.1. The summed E-state index contributed by atoms with van der Waals surface area (Å²) in [6.07, 6.45) is 3.05. The van der Waals surface area contributed by atoms with Crippen molar-refractivity contribution in [1.82, 2.24) is 10.6 Å². The molecule has 0 aromatic heterocycles. The molecule has 4 rings (SSSR count). The maximum Gasteiger partial charge on any atom is 0.305 e. The quantitative estimate of drug-likeness (QED) is 0.444. The topological polar surface area (TPSA) is 78.4 Å². The van der Waals surface area contributed by atoms with Gasteiger partial charge in [0.25, 0.3) is 5.91 Å². The summed E-state index contributed by atoms with van der Waals surface area (Å²) in [5.41, 5.74) is 2.85. The van der Waals surface area contributed by atoms with Crippen LogP contribution in [0, 0.1) is 5.82 Å². The van der Waals surface area contributed by atoms with Gasteiger partial charge < -0.3 is 15.7 Å². The Hall–Kier alpha value is -3.25. The number of fused-ring (bicyclic) bond motifs is 1. The Morgan fingerprint density at radius 3 is 2.48 bits per heavy atom. The average molecular weight is 449 g/mol. The molecule has 0 spiro atoms. The number of nitrogens with one attached hydrogen (secondary N) is 2. The smallest absolute Gasteiger partial charge is 0.305 e. The van der Waals surface area contributed by atoms with E-state index in [1.807, 2.05) is 42.5 Å². The average Bonchev–Trinajstić information content (AvgIpc) is 3.27. The molecule has 1 amide bonds. The van der Waals surface area contributed by atoms with Gasteiger partial charge in [-0.1, -0.05) is 42.5 Å². The van der Waals surface area contributed by atoms with Crippen molar-refractivity contribution in [2.45, 2.75) is 50.6 Å². The van der Waals surface area contributed by atoms with Crippen LogP contribution in [-0.2, 0) is 4.79 Å². The SMILES string of the molecule is CC(N[C@H]1CCC(c2ccc(C(=O)NCCC(=O)O)cc2)C1)c1ccc(F)c2ccccc12. The number of carbonyl (C=O) groups excluding carboxylic acids is 1. The first kappa shape index (κ1) is 22.9. The molecular weight excluding hydrogens is 419 g/mol. The molecule has 3 aromatic carbocycles. The van der Waals surface area contributed by atoms with E-state index < -0.39 is 5.97 Å². The molecule has 3 atom stereocenters. The first-order valence-electron chi connectivity index (χ1n) is 11.5. The van der Waals surface area contributed by atoms with Gasteiger partial charge in [0.05, 0.1) is 6.42 Å². The summed E-state index contributed by atoms with van der Waals surface area (Å²) >= 11 is 0. The molecule has 6 heteroatoms. The summed E-state index contributed by atoms with van der Waals surface area (Å²) in [5, 5.41) is 16.6. The molecule has 0 radical (unpaired) electrons. The first-order chi connectivity index (χ1) is 15.9. The standard InChI is InChI=1S/C27H29FN2O3/c1-17(22-12-13-25(28)24-5-3-2-4-23(22)24)30-21-11-10-20(16-21)18-6-8-19(9-7-18)27(33)29-15-14-26(31)32/h2-9,12-13,17,20-21,30H,10-11,14-16H2,1H3,(H,29,33)(H,31,32)/t17?,20?,21-/m0/s1. The van der Waals surface area contributed by atoms with E-state index in [0.29, 0.717) is 22.9 Å². The Balaban J connectivity index is 1.36. The number of carbonyl (C=O) groups is 2. The summed E-state index contributed by atoms with van der Waals surface area (Å²) < 4.78 is 14.2. The highest BCUT2D eigenvalue weighted by atomic mass is 19.1. The minimum atomic E-state index is -0.933. The minimum Gasteiger partial charge on any atom is -0.481 e. The molecule has 172 valence electrons. The molecule has 0 saturated heterocycles. The third-order valence-corrected chi connectivity index (χ3v) is 6.56. The highest BCUT2D eigenvalue weighted by Gasteiger charge is 2.27. The lowest BCUT2D eigenvalue weighted by molar-refractivity contribution is -0.136. The number of aliphatic carboxylic acids is 1. The van der Waals surface area contributed by atoms with Gasteiger partial charge >= 0.3 is 5.97 Å². The number of carboxylic acid groups (broad SMARTS) is 1. The van der Waals surface area contributed by atoms with E-state index in [1.165, 1.54) is 5.56 Å². The van der Waals surface area contributed by atoms with E-state index in [4.69, 9.17) is 5.11 Å². The molecule has 5 nitrogen and oxygen atoms in total. The van der Waals surface area contributed by atoms with Crippen LogP contribution in [0.4, 0.5) is 4.39 Å². The van der Waals surface area contributed by atoms with E-state index in [-0.39, 0.29) is 30.7 Å². The van der Waals surface area contributed by atoms with Crippen molar-refractivity contribution >= 4 is 22.6 Å². The molecule has 0 heterocycles. The molecule has 0 bridgehead atoms. The second-order valence-corrected chi connectivity index (χ2v) is 8.80. The predicted octanol–water partition coefficient (Wildman–Crippen LogP) is 5.17. The van der Waals surface area contributed by atoms with Crippen LogP contribution in [-0.4, -0.2) is 29.6 Å². The molecule has 3 aromatic rings. The van der Waals surface area contributed by atoms with Crippen LogP contribution in [0.15, 0.2) is 60.7 Å². The number of benzene rings is 3. The predicted molar refractivity (Wildman–Crippen MR) is 127 cm³/mol. The molecule has 1 saturated carbocycles. The van der Waals surface area contributed by atoms with Crippen molar-refractivity contribution in [3.05, 3.63) is 83.2 Å². The molecule has 1 aliphatic rings. The second kappa shape index (κ2) is 10.1. The van der Waals surface area contributed by atoms with Gasteiger partial charge in [-0.3, -0.25) is 9.59 Å². The lowest BCUT2D eigenvalue weighted by Crippen LogP contribution is -2.29. The maximum atomic E-state index is 14.2. The van der Waals surface area contributed by atoms with Crippen LogP contribution in [0.3, 0.4) is 0 Å². The van der Waals surface area contributed by atoms with Crippen LogP contribution in [0.1, 0.15) is 66.1 Å². The van der Waals surface area contributed by atoms with Gasteiger partial charge in [-0.25, -0.2) is 4.39 Å². The van der Waals surface area contributed by atoms with Gasteiger partial charge in [-0.05, 0) is 66.8 Å². The Labute approximate surface area is 193 Å². The highest BCUT2D eigenvalue weighted by Crippen LogP contribution is 2.36. The van der Waals surface area contributed by atoms with E-state index in [0.717, 1.165) is 30.2 Å². The van der Waals surface area contributed by atoms with Crippen LogP contribution in [0.25, 0.3) is 10.8 Å². The Morgan fingerprint density at radius 2 is 1.76 bits per heavy atom. The van der Waals surface area contributed by atoms with Crippen LogP contribution >= 0.6 is 0 Å². The summed E-state index contributed by atoms with van der Waals surface area (Å²) in [4.78, 5) is 22.7. The van der Waals surface area contributed by atoms with Crippen molar-refractivity contribution in [3.63, 3.8) is 0 Å². The van der Waals surface area contributed by atoms with Gasteiger partial charge in [0.1, 0.15) is 5.82 Å². The van der Waals surface area contributed by atoms with Crippen molar-refractivity contribution in [1.29, 1.82) is 0 Å². The molecule has 0 aliphatic heterocycles. The normalized spacial score (nSPS) is 18.8. The number of carboxylic acids is 1. The fourth-order valence-electron chi connectivity index (χ4n) is 4.83. The summed E-state index contributed by atoms with van der Waals surface area (Å²) in [5.74, 6) is -0.962. The van der Waals surface area contributed by atoms with Gasteiger partial charge in [-0.2, -0.15) is 0 Å². The number of amides is 1. The zero-order chi connectivity index (χ0) is 23.4. The van der Waals surface area contributed by atoms with Crippen molar-refractivity contribution < 1.29 is 19.1 Å². The molecule has 2 unspecified atom stereocenters. The Bertz CT molecular complexity index is 1150. The highest BCUT2D eigenvalue weighted by molar-refractivity contribution is 5.94. The van der Waals surface area contributed by atoms with Crippen LogP contribution < -0.4 is 10.6 Å². The third kappa shape index (κ3) is 5.40. The van der Waals surface area contributed by atoms with Gasteiger partial charge in [0.2, 0.25) is 0 Å². The third-order valence-electron chi connectivity index (χ3n) is 6.56. The molecule has 3 N–H and O–H groups in total. The Kier molecular flexibility index (Phi) is 7.04. The minimum absolute atomic E-state index is 0.0908. The largest absolute Gasteiger partial charge is 0.481 e. The van der Waals surface area contributed by atoms with Gasteiger partial charge in [0.15, 0.2) is 0 Å². The van der Waals surface area contributed by atoms with Gasteiger partial charge in [-0.15, -0.1) is 0 Å². The number of halogens is 1. The number of hydrogen-bond acceptors (Lipinski definition) is 3. The fraction of sp³-hybridized carbons (Fsp3) is 0.333. The van der Waals surface area contributed by atoms with E-state index >= 15 is 0 Å². The van der Waals surface area contributed by atoms with Crippen molar-refractivity contribution in [2.75, 3.05) is 6.54 Å². The van der Waals surface area contributed by atoms with Crippen LogP contribution in [0.5, 0.6) is 0 Å². The van der Waals surface area contributed by atoms with Crippen LogP contribution in [0.2, 0.25) is 0 Å². The monoisotopic (exact) mass is 448 g/mol. The Morgan fingerprint density at radius 1 is 1.03 bits per heavy atom. The molecule has 33 heavy (non-hydrogen) atoms. The first-order valence-corrected chi connectivity index (χ1v) is 11.5. The number of hydrogen-bond donors (Lipinski definition) is 3. The second-order valence-electron chi connectivity index (χ2n) is 8.80. The van der Waals surface area contributed by atoms with Gasteiger partial charge in [0, 0.05) is 29.6 Å². The number of rotatable bonds is 8. The zero-order valence-corrected chi connectivity index (χ0v) is 18.7. The summed E-state index contributed by atoms with van der Waals surface area (Å²) in [6.45, 7) is 2.25.